The normalized spacial score (nSPS) is 26.1. The number of hydrogen-bond acceptors (Lipinski definition) is 3. The van der Waals surface area contributed by atoms with Gasteiger partial charge in [0.25, 0.3) is 0 Å². The molecular weight excluding hydrogens is 370 g/mol. The number of benzene rings is 1. The zero-order valence-corrected chi connectivity index (χ0v) is 17.8. The number of carbonyl (C=O) groups excluding carboxylic acids is 2. The second-order valence-corrected chi connectivity index (χ2v) is 9.71. The van der Waals surface area contributed by atoms with Crippen LogP contribution < -0.4 is 4.90 Å². The Kier molecular flexibility index (Phi) is 5.97. The molecule has 0 unspecified atom stereocenters. The predicted octanol–water partition coefficient (Wildman–Crippen LogP) is 1.48. The van der Waals surface area contributed by atoms with E-state index >= 15 is 0 Å². The first-order valence-electron chi connectivity index (χ1n) is 10.7. The van der Waals surface area contributed by atoms with E-state index in [4.69, 9.17) is 0 Å². The fourth-order valence-corrected chi connectivity index (χ4v) is 5.66. The third-order valence-corrected chi connectivity index (χ3v) is 7.93. The van der Waals surface area contributed by atoms with Crippen molar-refractivity contribution in [2.45, 2.75) is 43.7 Å². The first kappa shape index (κ1) is 19.8. The second-order valence-electron chi connectivity index (χ2n) is 8.43. The van der Waals surface area contributed by atoms with Crippen molar-refractivity contribution in [2.75, 3.05) is 39.3 Å². The lowest BCUT2D eigenvalue weighted by Crippen LogP contribution is -3.15. The third kappa shape index (κ3) is 4.23. The van der Waals surface area contributed by atoms with Crippen LogP contribution in [0.25, 0.3) is 0 Å². The molecule has 152 valence electrons. The summed E-state index contributed by atoms with van der Waals surface area (Å²) in [6.45, 7) is 9.70. The zero-order valence-electron chi connectivity index (χ0n) is 17.0. The number of aryl methyl sites for hydroxylation is 1. The van der Waals surface area contributed by atoms with E-state index in [1.807, 2.05) is 0 Å². The highest BCUT2D eigenvalue weighted by atomic mass is 32.2. The number of thioether (sulfide) groups is 1. The van der Waals surface area contributed by atoms with Gasteiger partial charge in [0.1, 0.15) is 5.37 Å². The van der Waals surface area contributed by atoms with Crippen LogP contribution in [-0.2, 0) is 9.59 Å². The Hall–Kier alpha value is -1.53. The van der Waals surface area contributed by atoms with Crippen molar-refractivity contribution < 1.29 is 14.5 Å². The lowest BCUT2D eigenvalue weighted by molar-refractivity contribution is -0.903. The number of carbonyl (C=O) groups is 2. The third-order valence-electron chi connectivity index (χ3n) is 6.28. The van der Waals surface area contributed by atoms with Crippen LogP contribution in [0, 0.1) is 12.8 Å². The Morgan fingerprint density at radius 1 is 1.18 bits per heavy atom. The topological polar surface area (TPSA) is 45.1 Å². The maximum absolute atomic E-state index is 12.9. The smallest absolute Gasteiger partial charge is 0.237 e. The van der Waals surface area contributed by atoms with E-state index in [9.17, 15) is 9.59 Å². The Labute approximate surface area is 172 Å². The average molecular weight is 403 g/mol. The van der Waals surface area contributed by atoms with Crippen LogP contribution in [-0.4, -0.2) is 66.1 Å². The summed E-state index contributed by atoms with van der Waals surface area (Å²) in [6.07, 6.45) is 3.05. The molecule has 5 nitrogen and oxygen atoms in total. The Morgan fingerprint density at radius 2 is 1.86 bits per heavy atom. The molecule has 1 aliphatic carbocycles. The van der Waals surface area contributed by atoms with Gasteiger partial charge in [-0.25, -0.2) is 0 Å². The summed E-state index contributed by atoms with van der Waals surface area (Å²) in [4.78, 5) is 30.8. The van der Waals surface area contributed by atoms with Crippen molar-refractivity contribution in [3.8, 4) is 0 Å². The number of hydrogen-bond donors (Lipinski definition) is 1. The van der Waals surface area contributed by atoms with Gasteiger partial charge in [-0.2, -0.15) is 0 Å². The molecule has 0 bridgehead atoms. The monoisotopic (exact) mass is 402 g/mol. The van der Waals surface area contributed by atoms with Crippen molar-refractivity contribution in [1.29, 1.82) is 0 Å². The van der Waals surface area contributed by atoms with Crippen molar-refractivity contribution in [1.82, 2.24) is 9.80 Å². The van der Waals surface area contributed by atoms with Gasteiger partial charge in [0.15, 0.2) is 0 Å². The minimum absolute atomic E-state index is 0.0781. The van der Waals surface area contributed by atoms with Gasteiger partial charge in [0.2, 0.25) is 11.8 Å². The van der Waals surface area contributed by atoms with E-state index in [1.54, 1.807) is 11.8 Å². The highest BCUT2D eigenvalue weighted by Gasteiger charge is 2.40. The molecule has 2 amide bonds. The SMILES string of the molecule is CC[C@H]1S[C@H](c2ccc(C)cc2)N(CC[NH+]2CCN(C(=O)C3CC3)CC2)C1=O. The minimum Gasteiger partial charge on any atom is -0.331 e. The lowest BCUT2D eigenvalue weighted by Gasteiger charge is -2.33. The van der Waals surface area contributed by atoms with E-state index in [1.165, 1.54) is 16.0 Å². The lowest BCUT2D eigenvalue weighted by atomic mass is 10.1. The molecular formula is C22H32N3O2S+. The van der Waals surface area contributed by atoms with E-state index in [0.29, 0.717) is 17.7 Å². The van der Waals surface area contributed by atoms with Crippen LogP contribution in [0.1, 0.15) is 42.7 Å². The molecule has 0 radical (unpaired) electrons. The van der Waals surface area contributed by atoms with Crippen LogP contribution in [0.2, 0.25) is 0 Å². The molecule has 1 saturated carbocycles. The van der Waals surface area contributed by atoms with Gasteiger partial charge in [-0.1, -0.05) is 36.8 Å². The quantitative estimate of drug-likeness (QED) is 0.784. The van der Waals surface area contributed by atoms with Gasteiger partial charge in [-0.3, -0.25) is 9.59 Å². The molecule has 28 heavy (non-hydrogen) atoms. The standard InChI is InChI=1S/C22H31N3O2S/c1-3-19-21(27)25(22(28-19)18-6-4-16(2)5-7-18)15-12-23-10-13-24(14-11-23)20(26)17-8-9-17/h4-7,17,19,22H,3,8-15H2,1-2H3/p+1/t19-,22-/m1/s1. The molecule has 2 heterocycles. The summed E-state index contributed by atoms with van der Waals surface area (Å²) in [7, 11) is 0. The molecule has 0 aromatic heterocycles. The van der Waals surface area contributed by atoms with Gasteiger partial charge >= 0.3 is 0 Å². The molecule has 1 aromatic carbocycles. The molecule has 3 fully saturated rings. The van der Waals surface area contributed by atoms with Crippen molar-refractivity contribution in [2.24, 2.45) is 5.92 Å². The zero-order chi connectivity index (χ0) is 19.7. The fraction of sp³-hybridized carbons (Fsp3) is 0.636. The summed E-state index contributed by atoms with van der Waals surface area (Å²) < 4.78 is 0. The number of amides is 2. The average Bonchev–Trinajstić information content (AvgIpc) is 3.51. The first-order valence-corrected chi connectivity index (χ1v) is 11.7. The second kappa shape index (κ2) is 8.46. The first-order chi connectivity index (χ1) is 13.6. The van der Waals surface area contributed by atoms with Gasteiger partial charge in [-0.05, 0) is 31.7 Å². The van der Waals surface area contributed by atoms with Crippen LogP contribution in [0.5, 0.6) is 0 Å². The molecule has 2 aliphatic heterocycles. The molecule has 3 aliphatic rings. The van der Waals surface area contributed by atoms with Gasteiger partial charge in [0.05, 0.1) is 44.5 Å². The number of nitrogens with one attached hydrogen (secondary N) is 1. The van der Waals surface area contributed by atoms with Gasteiger partial charge in [-0.15, -0.1) is 11.8 Å². The highest BCUT2D eigenvalue weighted by molar-refractivity contribution is 8.01. The van der Waals surface area contributed by atoms with E-state index in [2.05, 4.69) is 47.9 Å². The summed E-state index contributed by atoms with van der Waals surface area (Å²) >= 11 is 1.80. The molecule has 2 atom stereocenters. The largest absolute Gasteiger partial charge is 0.331 e. The van der Waals surface area contributed by atoms with Gasteiger partial charge < -0.3 is 14.7 Å². The summed E-state index contributed by atoms with van der Waals surface area (Å²) in [5.41, 5.74) is 2.48. The number of quaternary nitrogens is 1. The number of rotatable bonds is 6. The molecule has 4 rings (SSSR count). The van der Waals surface area contributed by atoms with Crippen LogP contribution in [0.3, 0.4) is 0 Å². The molecule has 6 heteroatoms. The fourth-order valence-electron chi connectivity index (χ4n) is 4.24. The molecule has 2 saturated heterocycles. The highest BCUT2D eigenvalue weighted by Crippen LogP contribution is 2.43. The van der Waals surface area contributed by atoms with E-state index in [-0.39, 0.29) is 10.6 Å². The number of piperazine rings is 1. The van der Waals surface area contributed by atoms with Crippen molar-refractivity contribution in [3.63, 3.8) is 0 Å². The van der Waals surface area contributed by atoms with E-state index in [0.717, 1.165) is 58.5 Å². The van der Waals surface area contributed by atoms with Crippen LogP contribution >= 0.6 is 11.8 Å². The van der Waals surface area contributed by atoms with E-state index < -0.39 is 0 Å². The Bertz CT molecular complexity index is 711. The van der Waals surface area contributed by atoms with Crippen LogP contribution in [0.4, 0.5) is 0 Å². The minimum atomic E-state index is 0.0781. The summed E-state index contributed by atoms with van der Waals surface area (Å²) in [5, 5.41) is 0.212. The molecule has 1 N–H and O–H groups in total. The predicted molar refractivity (Wildman–Crippen MR) is 112 cm³/mol. The summed E-state index contributed by atoms with van der Waals surface area (Å²) in [6, 6.07) is 8.61. The Morgan fingerprint density at radius 3 is 2.46 bits per heavy atom. The molecule has 0 spiro atoms. The Balaban J connectivity index is 1.34. The maximum atomic E-state index is 12.9. The number of nitrogens with zero attached hydrogens (tertiary/aromatic N) is 2. The maximum Gasteiger partial charge on any atom is 0.237 e. The van der Waals surface area contributed by atoms with Crippen molar-refractivity contribution >= 4 is 23.6 Å². The summed E-state index contributed by atoms with van der Waals surface area (Å²) in [5.74, 6) is 0.984. The van der Waals surface area contributed by atoms with Gasteiger partial charge in [0, 0.05) is 5.92 Å². The van der Waals surface area contributed by atoms with Crippen LogP contribution in [0.15, 0.2) is 24.3 Å². The van der Waals surface area contributed by atoms with Crippen molar-refractivity contribution in [3.05, 3.63) is 35.4 Å². The molecule has 1 aromatic rings.